The molecule has 0 aliphatic carbocycles. The highest BCUT2D eigenvalue weighted by Gasteiger charge is 2.09. The molecule has 0 spiro atoms. The third kappa shape index (κ3) is 2.36. The van der Waals surface area contributed by atoms with E-state index in [-0.39, 0.29) is 6.04 Å². The Balaban J connectivity index is 1.90. The first kappa shape index (κ1) is 12.6. The minimum Gasteiger partial charge on any atom is -0.377 e. The van der Waals surface area contributed by atoms with E-state index in [2.05, 4.69) is 23.3 Å². The van der Waals surface area contributed by atoms with Crippen molar-refractivity contribution in [2.75, 3.05) is 5.32 Å². The second-order valence-corrected chi connectivity index (χ2v) is 5.51. The first-order valence-corrected chi connectivity index (χ1v) is 7.24. The summed E-state index contributed by atoms with van der Waals surface area (Å²) in [5.74, 6) is 0. The first-order chi connectivity index (χ1) is 9.78. The summed E-state index contributed by atoms with van der Waals surface area (Å²) >= 11 is 1.68. The average Bonchev–Trinajstić information content (AvgIpc) is 2.97. The lowest BCUT2D eigenvalue weighted by Gasteiger charge is -2.16. The highest BCUT2D eigenvalue weighted by Crippen LogP contribution is 2.29. The molecule has 3 aromatic rings. The zero-order valence-electron chi connectivity index (χ0n) is 11.0. The number of anilines is 1. The molecule has 0 amide bonds. The van der Waals surface area contributed by atoms with Gasteiger partial charge in [0.15, 0.2) is 0 Å². The average molecular weight is 279 g/mol. The lowest BCUT2D eigenvalue weighted by atomic mass is 10.1. The lowest BCUT2D eigenvalue weighted by Crippen LogP contribution is -2.06. The Bertz CT molecular complexity index is 786. The molecule has 1 unspecified atom stereocenters. The van der Waals surface area contributed by atoms with E-state index >= 15 is 0 Å². The summed E-state index contributed by atoms with van der Waals surface area (Å²) in [5, 5.41) is 14.5. The van der Waals surface area contributed by atoms with Crippen molar-refractivity contribution in [2.24, 2.45) is 0 Å². The van der Waals surface area contributed by atoms with Gasteiger partial charge in [0.1, 0.15) is 0 Å². The smallest absolute Gasteiger partial charge is 0.0991 e. The molecule has 0 aliphatic heterocycles. The second kappa shape index (κ2) is 5.32. The molecule has 98 valence electrons. The van der Waals surface area contributed by atoms with Crippen LogP contribution in [0.25, 0.3) is 10.2 Å². The van der Waals surface area contributed by atoms with Gasteiger partial charge in [-0.25, -0.2) is 0 Å². The van der Waals surface area contributed by atoms with Crippen molar-refractivity contribution in [1.82, 2.24) is 4.98 Å². The second-order valence-electron chi connectivity index (χ2n) is 4.60. The third-order valence-corrected chi connectivity index (χ3v) is 4.17. The van der Waals surface area contributed by atoms with Crippen molar-refractivity contribution >= 4 is 27.2 Å². The molecule has 20 heavy (non-hydrogen) atoms. The van der Waals surface area contributed by atoms with E-state index in [1.807, 2.05) is 48.0 Å². The van der Waals surface area contributed by atoms with Gasteiger partial charge in [-0.2, -0.15) is 5.26 Å². The molecule has 0 saturated heterocycles. The van der Waals surface area contributed by atoms with Crippen molar-refractivity contribution in [2.45, 2.75) is 13.0 Å². The first-order valence-electron chi connectivity index (χ1n) is 6.37. The Hall–Kier alpha value is -2.38. The topological polar surface area (TPSA) is 48.7 Å². The summed E-state index contributed by atoms with van der Waals surface area (Å²) in [4.78, 5) is 4.34. The van der Waals surface area contributed by atoms with E-state index < -0.39 is 0 Å². The van der Waals surface area contributed by atoms with Gasteiger partial charge >= 0.3 is 0 Å². The number of fused-ring (bicyclic) bond motifs is 1. The minimum atomic E-state index is 0.135. The zero-order chi connectivity index (χ0) is 13.9. The largest absolute Gasteiger partial charge is 0.377 e. The van der Waals surface area contributed by atoms with Gasteiger partial charge in [0, 0.05) is 12.2 Å². The lowest BCUT2D eigenvalue weighted by molar-refractivity contribution is 0.886. The molecular formula is C16H13N3S. The van der Waals surface area contributed by atoms with Gasteiger partial charge in [0.2, 0.25) is 0 Å². The molecule has 2 aromatic heterocycles. The fraction of sp³-hybridized carbons (Fsp3) is 0.125. The van der Waals surface area contributed by atoms with Gasteiger partial charge in [-0.1, -0.05) is 12.1 Å². The summed E-state index contributed by atoms with van der Waals surface area (Å²) in [7, 11) is 0. The highest BCUT2D eigenvalue weighted by molar-refractivity contribution is 7.17. The molecule has 3 rings (SSSR count). The van der Waals surface area contributed by atoms with Crippen molar-refractivity contribution < 1.29 is 0 Å². The Kier molecular flexibility index (Phi) is 3.36. The van der Waals surface area contributed by atoms with Crippen molar-refractivity contribution in [3.8, 4) is 6.07 Å². The maximum atomic E-state index is 8.97. The van der Waals surface area contributed by atoms with Gasteiger partial charge < -0.3 is 5.32 Å². The Morgan fingerprint density at radius 2 is 2.20 bits per heavy atom. The maximum Gasteiger partial charge on any atom is 0.0991 e. The van der Waals surface area contributed by atoms with Gasteiger partial charge in [0.05, 0.1) is 27.5 Å². The number of hydrogen-bond donors (Lipinski definition) is 1. The van der Waals surface area contributed by atoms with Crippen LogP contribution in [0.1, 0.15) is 24.1 Å². The van der Waals surface area contributed by atoms with Crippen molar-refractivity contribution in [3.05, 3.63) is 59.1 Å². The highest BCUT2D eigenvalue weighted by atomic mass is 32.1. The number of pyridine rings is 1. The number of nitrogens with zero attached hydrogens (tertiary/aromatic N) is 2. The van der Waals surface area contributed by atoms with Crippen LogP contribution in [0, 0.1) is 11.3 Å². The summed E-state index contributed by atoms with van der Waals surface area (Å²) in [5.41, 5.74) is 3.88. The summed E-state index contributed by atoms with van der Waals surface area (Å²) in [6.45, 7) is 2.09. The van der Waals surface area contributed by atoms with Gasteiger partial charge in [-0.3, -0.25) is 4.98 Å². The molecule has 0 bridgehead atoms. The standard InChI is InChI=1S/C16H13N3S/c1-11(13-4-2-3-12(9-13)10-17)19-15-5-7-18-14-6-8-20-16(14)15/h2-9,11H,1H3,(H,18,19). The van der Waals surface area contributed by atoms with E-state index in [1.165, 1.54) is 0 Å². The molecule has 2 heterocycles. The van der Waals surface area contributed by atoms with Crippen LogP contribution in [0.3, 0.4) is 0 Å². The van der Waals surface area contributed by atoms with Crippen molar-refractivity contribution in [3.63, 3.8) is 0 Å². The number of thiophene rings is 1. The summed E-state index contributed by atoms with van der Waals surface area (Å²) in [6, 6.07) is 14.0. The fourth-order valence-electron chi connectivity index (χ4n) is 2.18. The normalized spacial score (nSPS) is 12.0. The number of benzene rings is 1. The van der Waals surface area contributed by atoms with Crippen LogP contribution in [-0.4, -0.2) is 4.98 Å². The quantitative estimate of drug-likeness (QED) is 0.775. The van der Waals surface area contributed by atoms with Gasteiger partial charge in [-0.15, -0.1) is 11.3 Å². The van der Waals surface area contributed by atoms with E-state index in [9.17, 15) is 0 Å². The fourth-order valence-corrected chi connectivity index (χ4v) is 3.01. The number of rotatable bonds is 3. The summed E-state index contributed by atoms with van der Waals surface area (Å²) in [6.07, 6.45) is 1.82. The molecule has 4 heteroatoms. The summed E-state index contributed by atoms with van der Waals surface area (Å²) < 4.78 is 1.16. The van der Waals surface area contributed by atoms with E-state index in [4.69, 9.17) is 5.26 Å². The van der Waals surface area contributed by atoms with Crippen LogP contribution < -0.4 is 5.32 Å². The van der Waals surface area contributed by atoms with Crippen LogP contribution in [0.15, 0.2) is 48.0 Å². The Labute approximate surface area is 121 Å². The van der Waals surface area contributed by atoms with Gasteiger partial charge in [-0.05, 0) is 42.1 Å². The van der Waals surface area contributed by atoms with E-state index in [1.54, 1.807) is 11.3 Å². The zero-order valence-corrected chi connectivity index (χ0v) is 11.8. The molecule has 3 nitrogen and oxygen atoms in total. The van der Waals surface area contributed by atoms with E-state index in [0.29, 0.717) is 5.56 Å². The van der Waals surface area contributed by atoms with Crippen LogP contribution >= 0.6 is 11.3 Å². The number of aromatic nitrogens is 1. The third-order valence-electron chi connectivity index (χ3n) is 3.23. The van der Waals surface area contributed by atoms with Gasteiger partial charge in [0.25, 0.3) is 0 Å². The van der Waals surface area contributed by atoms with Crippen molar-refractivity contribution in [1.29, 1.82) is 5.26 Å². The predicted octanol–water partition coefficient (Wildman–Crippen LogP) is 4.34. The molecule has 1 N–H and O–H groups in total. The Morgan fingerprint density at radius 1 is 1.30 bits per heavy atom. The molecule has 0 saturated carbocycles. The van der Waals surface area contributed by atoms with Crippen LogP contribution in [0.5, 0.6) is 0 Å². The maximum absolute atomic E-state index is 8.97. The Morgan fingerprint density at radius 3 is 3.05 bits per heavy atom. The molecule has 0 fully saturated rings. The molecule has 1 aromatic carbocycles. The molecule has 0 radical (unpaired) electrons. The monoisotopic (exact) mass is 279 g/mol. The SMILES string of the molecule is CC(Nc1ccnc2ccsc12)c1cccc(C#N)c1. The van der Waals surface area contributed by atoms with Crippen LogP contribution in [0.4, 0.5) is 5.69 Å². The van der Waals surface area contributed by atoms with E-state index in [0.717, 1.165) is 21.5 Å². The number of nitrogens with one attached hydrogen (secondary N) is 1. The van der Waals surface area contributed by atoms with Crippen LogP contribution in [-0.2, 0) is 0 Å². The minimum absolute atomic E-state index is 0.135. The molecule has 0 aliphatic rings. The number of hydrogen-bond acceptors (Lipinski definition) is 4. The van der Waals surface area contributed by atoms with Crippen LogP contribution in [0.2, 0.25) is 0 Å². The number of nitriles is 1. The predicted molar refractivity (Wildman–Crippen MR) is 82.8 cm³/mol. The molecule has 1 atom stereocenters. The molecular weight excluding hydrogens is 266 g/mol.